The molecule has 0 atom stereocenters. The van der Waals surface area contributed by atoms with Gasteiger partial charge in [-0.25, -0.2) is 4.98 Å². The van der Waals surface area contributed by atoms with Gasteiger partial charge in [-0.2, -0.15) is 0 Å². The zero-order valence-electron chi connectivity index (χ0n) is 18.2. The van der Waals surface area contributed by atoms with Crippen LogP contribution in [0.3, 0.4) is 0 Å². The minimum atomic E-state index is -0.405. The van der Waals surface area contributed by atoms with Gasteiger partial charge in [0, 0.05) is 18.5 Å². The summed E-state index contributed by atoms with van der Waals surface area (Å²) in [7, 11) is 0. The zero-order chi connectivity index (χ0) is 23.3. The Balaban J connectivity index is 1.32. The maximum absolute atomic E-state index is 13.0. The van der Waals surface area contributed by atoms with E-state index in [9.17, 15) is 9.59 Å². The van der Waals surface area contributed by atoms with Crippen molar-refractivity contribution >= 4 is 28.9 Å². The molecule has 3 N–H and O–H groups in total. The van der Waals surface area contributed by atoms with Gasteiger partial charge in [0.25, 0.3) is 11.8 Å². The Morgan fingerprint density at radius 2 is 1.76 bits per heavy atom. The Morgan fingerprint density at radius 3 is 2.62 bits per heavy atom. The summed E-state index contributed by atoms with van der Waals surface area (Å²) in [6.45, 7) is 0.501. The zero-order valence-corrected chi connectivity index (χ0v) is 18.2. The molecule has 0 spiro atoms. The third kappa shape index (κ3) is 4.75. The highest BCUT2D eigenvalue weighted by Crippen LogP contribution is 2.33. The van der Waals surface area contributed by atoms with Crippen molar-refractivity contribution in [3.63, 3.8) is 0 Å². The fraction of sp³-hybridized carbons (Fsp3) is 0.115. The van der Waals surface area contributed by atoms with Gasteiger partial charge in [-0.3, -0.25) is 9.59 Å². The predicted molar refractivity (Wildman–Crippen MR) is 127 cm³/mol. The Hall–Kier alpha value is -4.59. The van der Waals surface area contributed by atoms with E-state index in [4.69, 9.17) is 9.47 Å². The first-order chi connectivity index (χ1) is 16.7. The highest BCUT2D eigenvalue weighted by atomic mass is 16.7. The largest absolute Gasteiger partial charge is 0.454 e. The first-order valence-electron chi connectivity index (χ1n) is 10.9. The second kappa shape index (κ2) is 9.50. The van der Waals surface area contributed by atoms with Crippen molar-refractivity contribution in [2.24, 2.45) is 0 Å². The molecule has 0 fully saturated rings. The number of benzene rings is 3. The molecule has 1 aliphatic heterocycles. The molecule has 0 bridgehead atoms. The molecule has 0 saturated carbocycles. The number of hydrogen-bond donors (Lipinski definition) is 3. The van der Waals surface area contributed by atoms with E-state index in [0.29, 0.717) is 35.6 Å². The Bertz CT molecular complexity index is 1350. The lowest BCUT2D eigenvalue weighted by Crippen LogP contribution is -2.35. The van der Waals surface area contributed by atoms with Crippen LogP contribution >= 0.6 is 0 Å². The number of carbonyl (C=O) groups excluding carboxylic acids is 2. The second-order valence-corrected chi connectivity index (χ2v) is 7.70. The molecule has 0 saturated heterocycles. The number of aromatic amines is 1. The molecule has 0 aliphatic carbocycles. The van der Waals surface area contributed by atoms with Crippen LogP contribution in [-0.4, -0.2) is 35.1 Å². The van der Waals surface area contributed by atoms with Gasteiger partial charge in [-0.1, -0.05) is 36.4 Å². The lowest BCUT2D eigenvalue weighted by molar-refractivity contribution is -0.117. The summed E-state index contributed by atoms with van der Waals surface area (Å²) in [6, 6.07) is 21.8. The number of ether oxygens (including phenoxy) is 2. The van der Waals surface area contributed by atoms with E-state index in [1.807, 2.05) is 30.3 Å². The molecule has 34 heavy (non-hydrogen) atoms. The number of rotatable bonds is 7. The number of amides is 2. The average Bonchev–Trinajstić information content (AvgIpc) is 3.50. The van der Waals surface area contributed by atoms with Crippen LogP contribution in [-0.2, 0) is 11.2 Å². The molecule has 2 amide bonds. The van der Waals surface area contributed by atoms with Crippen molar-refractivity contribution in [2.75, 3.05) is 13.3 Å². The van der Waals surface area contributed by atoms with Crippen molar-refractivity contribution in [2.45, 2.75) is 6.42 Å². The van der Waals surface area contributed by atoms with Crippen molar-refractivity contribution in [3.8, 4) is 11.5 Å². The maximum atomic E-state index is 13.0. The van der Waals surface area contributed by atoms with Gasteiger partial charge in [-0.05, 0) is 48.0 Å². The smallest absolute Gasteiger partial charge is 0.267 e. The molecule has 8 heteroatoms. The third-order valence-electron chi connectivity index (χ3n) is 5.32. The van der Waals surface area contributed by atoms with Crippen LogP contribution in [0.1, 0.15) is 21.7 Å². The van der Waals surface area contributed by atoms with Crippen LogP contribution in [0.4, 0.5) is 0 Å². The van der Waals surface area contributed by atoms with Crippen LogP contribution in [0.2, 0.25) is 0 Å². The molecule has 4 aromatic rings. The Morgan fingerprint density at radius 1 is 0.971 bits per heavy atom. The number of para-hydroxylation sites is 2. The molecule has 0 unspecified atom stereocenters. The van der Waals surface area contributed by atoms with Crippen LogP contribution in [0.15, 0.2) is 78.5 Å². The highest BCUT2D eigenvalue weighted by molar-refractivity contribution is 6.05. The minimum Gasteiger partial charge on any atom is -0.454 e. The molecular weight excluding hydrogens is 432 g/mol. The molecule has 5 rings (SSSR count). The molecule has 170 valence electrons. The van der Waals surface area contributed by atoms with E-state index in [-0.39, 0.29) is 18.4 Å². The number of aromatic nitrogens is 2. The van der Waals surface area contributed by atoms with Crippen LogP contribution in [0, 0.1) is 0 Å². The SMILES string of the molecule is O=C(NCCc1nc2ccccc2[nH]1)C(=Cc1ccc2c(c1)OCO2)NC(=O)c1ccccc1. The second-order valence-electron chi connectivity index (χ2n) is 7.70. The van der Waals surface area contributed by atoms with Crippen LogP contribution in [0.25, 0.3) is 17.1 Å². The molecule has 2 heterocycles. The lowest BCUT2D eigenvalue weighted by atomic mass is 10.1. The summed E-state index contributed by atoms with van der Waals surface area (Å²) < 4.78 is 10.8. The average molecular weight is 454 g/mol. The van der Waals surface area contributed by atoms with Crippen LogP contribution in [0.5, 0.6) is 11.5 Å². The first kappa shape index (κ1) is 21.3. The minimum absolute atomic E-state index is 0.123. The normalized spacial score (nSPS) is 12.5. The molecule has 1 aromatic heterocycles. The predicted octanol–water partition coefficient (Wildman–Crippen LogP) is 3.42. The summed E-state index contributed by atoms with van der Waals surface area (Å²) in [4.78, 5) is 33.5. The van der Waals surface area contributed by atoms with E-state index in [1.54, 1.807) is 48.5 Å². The number of carbonyl (C=O) groups is 2. The number of fused-ring (bicyclic) bond motifs is 2. The molecular formula is C26H22N4O4. The van der Waals surface area contributed by atoms with Gasteiger partial charge in [0.15, 0.2) is 11.5 Å². The van der Waals surface area contributed by atoms with Gasteiger partial charge in [0.2, 0.25) is 6.79 Å². The fourth-order valence-electron chi connectivity index (χ4n) is 3.63. The van der Waals surface area contributed by atoms with Crippen molar-refractivity contribution < 1.29 is 19.1 Å². The van der Waals surface area contributed by atoms with E-state index in [0.717, 1.165) is 16.9 Å². The maximum Gasteiger partial charge on any atom is 0.267 e. The number of nitrogens with zero attached hydrogens (tertiary/aromatic N) is 1. The molecule has 1 aliphatic rings. The number of H-pyrrole nitrogens is 1. The third-order valence-corrected chi connectivity index (χ3v) is 5.32. The lowest BCUT2D eigenvalue weighted by Gasteiger charge is -2.11. The van der Waals surface area contributed by atoms with Gasteiger partial charge in [0.05, 0.1) is 11.0 Å². The molecule has 8 nitrogen and oxygen atoms in total. The number of hydrogen-bond acceptors (Lipinski definition) is 5. The topological polar surface area (TPSA) is 105 Å². The Labute approximate surface area is 195 Å². The molecule has 3 aromatic carbocycles. The van der Waals surface area contributed by atoms with Crippen LogP contribution < -0.4 is 20.1 Å². The van der Waals surface area contributed by atoms with Crippen molar-refractivity contribution in [1.29, 1.82) is 0 Å². The summed E-state index contributed by atoms with van der Waals surface area (Å²) in [5, 5.41) is 5.60. The summed E-state index contributed by atoms with van der Waals surface area (Å²) >= 11 is 0. The summed E-state index contributed by atoms with van der Waals surface area (Å²) in [5.41, 5.74) is 3.09. The highest BCUT2D eigenvalue weighted by Gasteiger charge is 2.17. The molecule has 0 radical (unpaired) electrons. The summed E-state index contributed by atoms with van der Waals surface area (Å²) in [6.07, 6.45) is 2.13. The fourth-order valence-corrected chi connectivity index (χ4v) is 3.63. The van der Waals surface area contributed by atoms with E-state index < -0.39 is 5.91 Å². The van der Waals surface area contributed by atoms with Gasteiger partial charge < -0.3 is 25.1 Å². The van der Waals surface area contributed by atoms with E-state index in [1.165, 1.54) is 0 Å². The first-order valence-corrected chi connectivity index (χ1v) is 10.9. The summed E-state index contributed by atoms with van der Waals surface area (Å²) in [5.74, 6) is 1.23. The van der Waals surface area contributed by atoms with E-state index in [2.05, 4.69) is 20.6 Å². The van der Waals surface area contributed by atoms with Gasteiger partial charge in [-0.15, -0.1) is 0 Å². The van der Waals surface area contributed by atoms with Gasteiger partial charge in [0.1, 0.15) is 11.5 Å². The standard InChI is InChI=1S/C26H22N4O4/c31-25(18-6-2-1-3-7-18)30-21(14-17-10-11-22-23(15-17)34-16-33-22)26(32)27-13-12-24-28-19-8-4-5-9-20(19)29-24/h1-11,14-15H,12-13,16H2,(H,27,32)(H,28,29)(H,30,31). The van der Waals surface area contributed by atoms with E-state index >= 15 is 0 Å². The van der Waals surface area contributed by atoms with Crippen molar-refractivity contribution in [3.05, 3.63) is 95.4 Å². The number of nitrogens with one attached hydrogen (secondary N) is 3. The monoisotopic (exact) mass is 454 g/mol. The quantitative estimate of drug-likeness (QED) is 0.371. The van der Waals surface area contributed by atoms with Gasteiger partial charge >= 0.3 is 0 Å². The van der Waals surface area contributed by atoms with Crippen molar-refractivity contribution in [1.82, 2.24) is 20.6 Å². The number of imidazole rings is 1. The Kier molecular flexibility index (Phi) is 5.94.